The van der Waals surface area contributed by atoms with Gasteiger partial charge in [0.25, 0.3) is 15.9 Å². The SMILES string of the molecule is COc1ccc(N(C(=O)c2ccccc2Cl)S(=O)(=O)c2ccc3c(c2)n(C)c(=O)n3C)cc1. The van der Waals surface area contributed by atoms with E-state index >= 15 is 0 Å². The topological polar surface area (TPSA) is 90.6 Å². The summed E-state index contributed by atoms with van der Waals surface area (Å²) < 4.78 is 36.2. The number of rotatable bonds is 5. The molecule has 0 N–H and O–H groups in total. The van der Waals surface area contributed by atoms with E-state index in [4.69, 9.17) is 16.3 Å². The maximum Gasteiger partial charge on any atom is 0.328 e. The van der Waals surface area contributed by atoms with E-state index in [1.54, 1.807) is 38.4 Å². The van der Waals surface area contributed by atoms with E-state index in [0.29, 0.717) is 21.1 Å². The Hall–Kier alpha value is -3.56. The molecule has 0 atom stereocenters. The van der Waals surface area contributed by atoms with Gasteiger partial charge < -0.3 is 4.74 Å². The van der Waals surface area contributed by atoms with E-state index in [1.165, 1.54) is 58.7 Å². The van der Waals surface area contributed by atoms with Crippen LogP contribution in [-0.2, 0) is 24.1 Å². The summed E-state index contributed by atoms with van der Waals surface area (Å²) in [6.45, 7) is 0. The van der Waals surface area contributed by atoms with Crippen LogP contribution in [0.4, 0.5) is 5.69 Å². The van der Waals surface area contributed by atoms with Crippen LogP contribution in [0.3, 0.4) is 0 Å². The molecular formula is C23H20ClN3O5S. The minimum absolute atomic E-state index is 0.0340. The summed E-state index contributed by atoms with van der Waals surface area (Å²) in [4.78, 5) is 25.6. The second-order valence-electron chi connectivity index (χ2n) is 7.30. The van der Waals surface area contributed by atoms with E-state index < -0.39 is 15.9 Å². The number of hydrogen-bond donors (Lipinski definition) is 0. The van der Waals surface area contributed by atoms with Crippen molar-refractivity contribution < 1.29 is 17.9 Å². The average Bonchev–Trinajstić information content (AvgIpc) is 3.03. The van der Waals surface area contributed by atoms with E-state index in [9.17, 15) is 18.0 Å². The predicted octanol–water partition coefficient (Wildman–Crippen LogP) is 3.57. The quantitative estimate of drug-likeness (QED) is 0.431. The van der Waals surface area contributed by atoms with Crippen molar-refractivity contribution in [3.63, 3.8) is 0 Å². The van der Waals surface area contributed by atoms with Gasteiger partial charge in [-0.3, -0.25) is 13.9 Å². The first-order valence-corrected chi connectivity index (χ1v) is 11.6. The highest BCUT2D eigenvalue weighted by Gasteiger charge is 2.33. The van der Waals surface area contributed by atoms with Gasteiger partial charge in [-0.2, -0.15) is 4.31 Å². The molecule has 0 aliphatic rings. The van der Waals surface area contributed by atoms with Gasteiger partial charge in [-0.05, 0) is 54.6 Å². The van der Waals surface area contributed by atoms with Crippen molar-refractivity contribution in [2.75, 3.05) is 11.4 Å². The number of methoxy groups -OCH3 is 1. The zero-order valence-corrected chi connectivity index (χ0v) is 19.6. The van der Waals surface area contributed by atoms with Gasteiger partial charge in [-0.1, -0.05) is 23.7 Å². The number of anilines is 1. The van der Waals surface area contributed by atoms with E-state index in [0.717, 1.165) is 0 Å². The molecule has 1 amide bonds. The number of aryl methyl sites for hydroxylation is 2. The number of benzene rings is 3. The third-order valence-corrected chi connectivity index (χ3v) is 7.41. The smallest absolute Gasteiger partial charge is 0.328 e. The molecule has 3 aromatic carbocycles. The molecule has 4 aromatic rings. The molecule has 1 heterocycles. The Balaban J connectivity index is 1.93. The summed E-state index contributed by atoms with van der Waals surface area (Å²) in [5, 5.41) is 0.122. The van der Waals surface area contributed by atoms with Crippen LogP contribution in [0.5, 0.6) is 5.75 Å². The first-order chi connectivity index (χ1) is 15.7. The minimum Gasteiger partial charge on any atom is -0.497 e. The van der Waals surface area contributed by atoms with Crippen molar-refractivity contribution in [2.45, 2.75) is 4.90 Å². The van der Waals surface area contributed by atoms with Gasteiger partial charge in [0.1, 0.15) is 5.75 Å². The number of hydrogen-bond acceptors (Lipinski definition) is 5. The van der Waals surface area contributed by atoms with Gasteiger partial charge in [-0.15, -0.1) is 0 Å². The number of nitrogens with zero attached hydrogens (tertiary/aromatic N) is 3. The molecule has 0 radical (unpaired) electrons. The molecule has 0 unspecified atom stereocenters. The number of aromatic nitrogens is 2. The van der Waals surface area contributed by atoms with Gasteiger partial charge >= 0.3 is 5.69 Å². The van der Waals surface area contributed by atoms with Gasteiger partial charge in [0, 0.05) is 14.1 Å². The van der Waals surface area contributed by atoms with Crippen LogP contribution in [0, 0.1) is 0 Å². The van der Waals surface area contributed by atoms with Crippen LogP contribution in [0.2, 0.25) is 5.02 Å². The molecule has 1 aromatic heterocycles. The summed E-state index contributed by atoms with van der Waals surface area (Å²) >= 11 is 6.21. The Labute approximate surface area is 195 Å². The Kier molecular flexibility index (Phi) is 5.77. The normalized spacial score (nSPS) is 11.5. The molecule has 0 bridgehead atoms. The maximum atomic E-state index is 13.8. The number of carbonyl (C=O) groups is 1. The Bertz CT molecular complexity index is 1540. The Morgan fingerprint density at radius 2 is 1.58 bits per heavy atom. The highest BCUT2D eigenvalue weighted by molar-refractivity contribution is 7.93. The van der Waals surface area contributed by atoms with Crippen molar-refractivity contribution >= 4 is 44.3 Å². The van der Waals surface area contributed by atoms with Gasteiger partial charge in [0.05, 0.1) is 39.3 Å². The first kappa shape index (κ1) is 22.6. The van der Waals surface area contributed by atoms with Crippen LogP contribution in [0.15, 0.2) is 76.4 Å². The van der Waals surface area contributed by atoms with E-state index in [2.05, 4.69) is 0 Å². The lowest BCUT2D eigenvalue weighted by Gasteiger charge is -2.23. The molecular weight excluding hydrogens is 466 g/mol. The monoisotopic (exact) mass is 485 g/mol. The van der Waals surface area contributed by atoms with E-state index in [-0.39, 0.29) is 26.9 Å². The van der Waals surface area contributed by atoms with Crippen LogP contribution >= 0.6 is 11.6 Å². The highest BCUT2D eigenvalue weighted by Crippen LogP contribution is 2.30. The van der Waals surface area contributed by atoms with Crippen molar-refractivity contribution in [3.05, 3.63) is 87.8 Å². The molecule has 0 aliphatic heterocycles. The predicted molar refractivity (Wildman–Crippen MR) is 127 cm³/mol. The minimum atomic E-state index is -4.39. The second kappa shape index (κ2) is 8.42. The average molecular weight is 486 g/mol. The largest absolute Gasteiger partial charge is 0.497 e. The Morgan fingerprint density at radius 1 is 0.939 bits per heavy atom. The molecule has 33 heavy (non-hydrogen) atoms. The third kappa shape index (κ3) is 3.79. The van der Waals surface area contributed by atoms with Gasteiger partial charge in [-0.25, -0.2) is 13.2 Å². The number of ether oxygens (including phenoxy) is 1. The summed E-state index contributed by atoms with van der Waals surface area (Å²) in [5.41, 5.74) is 0.839. The lowest BCUT2D eigenvalue weighted by atomic mass is 10.2. The molecule has 170 valence electrons. The van der Waals surface area contributed by atoms with Crippen LogP contribution in [0.25, 0.3) is 11.0 Å². The fraction of sp³-hybridized carbons (Fsp3) is 0.130. The van der Waals surface area contributed by atoms with Crippen LogP contribution in [-0.4, -0.2) is 30.6 Å². The first-order valence-electron chi connectivity index (χ1n) is 9.80. The van der Waals surface area contributed by atoms with Crippen molar-refractivity contribution in [2.24, 2.45) is 14.1 Å². The lowest BCUT2D eigenvalue weighted by molar-refractivity contribution is 0.101. The second-order valence-corrected chi connectivity index (χ2v) is 9.50. The molecule has 0 spiro atoms. The summed E-state index contributed by atoms with van der Waals surface area (Å²) in [7, 11) is 0.247. The number of amides is 1. The Morgan fingerprint density at radius 3 is 2.21 bits per heavy atom. The number of fused-ring (bicyclic) bond motifs is 1. The molecule has 0 saturated heterocycles. The standard InChI is InChI=1S/C23H20ClN3O5S/c1-25-20-13-12-17(14-21(20)26(2)23(25)29)33(30,31)27(15-8-10-16(32-3)11-9-15)22(28)18-6-4-5-7-19(18)24/h4-14H,1-3H3. The lowest BCUT2D eigenvalue weighted by Crippen LogP contribution is -2.37. The maximum absolute atomic E-state index is 13.8. The fourth-order valence-corrected chi connectivity index (χ4v) is 5.22. The molecule has 10 heteroatoms. The molecule has 0 saturated carbocycles. The van der Waals surface area contributed by atoms with Crippen molar-refractivity contribution in [3.8, 4) is 5.75 Å². The number of halogens is 1. The van der Waals surface area contributed by atoms with Gasteiger partial charge in [0.15, 0.2) is 0 Å². The molecule has 4 rings (SSSR count). The third-order valence-electron chi connectivity index (χ3n) is 5.38. The number of imidazole rings is 1. The van der Waals surface area contributed by atoms with Crippen LogP contribution < -0.4 is 14.7 Å². The molecule has 0 fully saturated rings. The summed E-state index contributed by atoms with van der Waals surface area (Å²) in [6.07, 6.45) is 0. The number of carbonyl (C=O) groups excluding carboxylic acids is 1. The summed E-state index contributed by atoms with van der Waals surface area (Å²) in [6, 6.07) is 16.6. The fourth-order valence-electron chi connectivity index (χ4n) is 3.58. The van der Waals surface area contributed by atoms with Crippen molar-refractivity contribution in [1.82, 2.24) is 9.13 Å². The van der Waals surface area contributed by atoms with Crippen molar-refractivity contribution in [1.29, 1.82) is 0 Å². The molecule has 8 nitrogen and oxygen atoms in total. The van der Waals surface area contributed by atoms with E-state index in [1.807, 2.05) is 0 Å². The zero-order valence-electron chi connectivity index (χ0n) is 18.0. The highest BCUT2D eigenvalue weighted by atomic mass is 35.5. The molecule has 0 aliphatic carbocycles. The number of sulfonamides is 1. The van der Waals surface area contributed by atoms with Crippen LogP contribution in [0.1, 0.15) is 10.4 Å². The van der Waals surface area contributed by atoms with Gasteiger partial charge in [0.2, 0.25) is 0 Å². The zero-order chi connectivity index (χ0) is 23.9. The summed E-state index contributed by atoms with van der Waals surface area (Å²) in [5.74, 6) is -0.310.